The molecule has 1 amide bonds. The molecule has 2 aromatic heterocycles. The molecule has 0 aromatic carbocycles. The van der Waals surface area contributed by atoms with Crippen LogP contribution in [0.25, 0.3) is 0 Å². The molecule has 1 fully saturated rings. The molecule has 0 aliphatic carbocycles. The van der Waals surface area contributed by atoms with Crippen LogP contribution in [-0.4, -0.2) is 36.0 Å². The molecule has 1 saturated heterocycles. The van der Waals surface area contributed by atoms with E-state index in [-0.39, 0.29) is 12.5 Å². The summed E-state index contributed by atoms with van der Waals surface area (Å²) >= 11 is 0. The number of carbonyl (C=O) groups is 1. The lowest BCUT2D eigenvalue weighted by Crippen LogP contribution is -2.25. The van der Waals surface area contributed by atoms with Gasteiger partial charge in [0.1, 0.15) is 0 Å². The molecule has 7 nitrogen and oxygen atoms in total. The molecule has 0 radical (unpaired) electrons. The van der Waals surface area contributed by atoms with Crippen LogP contribution in [0.3, 0.4) is 0 Å². The van der Waals surface area contributed by atoms with Crippen molar-refractivity contribution >= 4 is 5.91 Å². The molecule has 1 aliphatic rings. The van der Waals surface area contributed by atoms with Crippen LogP contribution >= 0.6 is 0 Å². The number of aromatic nitrogens is 2. The highest BCUT2D eigenvalue weighted by Crippen LogP contribution is 2.26. The van der Waals surface area contributed by atoms with E-state index in [4.69, 9.17) is 14.0 Å². The van der Waals surface area contributed by atoms with Crippen molar-refractivity contribution in [3.05, 3.63) is 34.8 Å². The Morgan fingerprint density at radius 3 is 2.96 bits per heavy atom. The molecule has 24 heavy (non-hydrogen) atoms. The zero-order chi connectivity index (χ0) is 17.1. The van der Waals surface area contributed by atoms with Crippen molar-refractivity contribution in [2.24, 2.45) is 0 Å². The predicted octanol–water partition coefficient (Wildman–Crippen LogP) is 2.38. The second-order valence-electron chi connectivity index (χ2n) is 6.04. The molecule has 0 bridgehead atoms. The van der Waals surface area contributed by atoms with Gasteiger partial charge in [0.05, 0.1) is 31.9 Å². The van der Waals surface area contributed by atoms with E-state index < -0.39 is 0 Å². The normalized spacial score (nSPS) is 17.7. The van der Waals surface area contributed by atoms with Gasteiger partial charge in [0.15, 0.2) is 5.76 Å². The first-order valence-corrected chi connectivity index (χ1v) is 8.14. The van der Waals surface area contributed by atoms with Crippen LogP contribution in [0.2, 0.25) is 0 Å². The first-order valence-electron chi connectivity index (χ1n) is 8.14. The Morgan fingerprint density at radius 2 is 2.29 bits per heavy atom. The summed E-state index contributed by atoms with van der Waals surface area (Å²) in [4.78, 5) is 12.5. The second-order valence-corrected chi connectivity index (χ2v) is 6.04. The Morgan fingerprint density at radius 1 is 1.46 bits per heavy atom. The SMILES string of the molecule is COc1cc(CNC(=O)c2cc(C)n(C3CCCOC3)c2C)on1. The summed E-state index contributed by atoms with van der Waals surface area (Å²) in [6.07, 6.45) is 2.13. The Hall–Kier alpha value is -2.28. The van der Waals surface area contributed by atoms with E-state index in [9.17, 15) is 4.79 Å². The fourth-order valence-corrected chi connectivity index (χ4v) is 3.23. The number of nitrogens with zero attached hydrogens (tertiary/aromatic N) is 2. The number of ether oxygens (including phenoxy) is 2. The number of hydrogen-bond acceptors (Lipinski definition) is 5. The average Bonchev–Trinajstić information content (AvgIpc) is 3.17. The fourth-order valence-electron chi connectivity index (χ4n) is 3.23. The minimum Gasteiger partial charge on any atom is -0.479 e. The van der Waals surface area contributed by atoms with E-state index in [1.807, 2.05) is 19.9 Å². The minimum absolute atomic E-state index is 0.124. The average molecular weight is 333 g/mol. The third-order valence-electron chi connectivity index (χ3n) is 4.40. The maximum Gasteiger partial charge on any atom is 0.254 e. The van der Waals surface area contributed by atoms with Gasteiger partial charge in [-0.2, -0.15) is 0 Å². The summed E-state index contributed by atoms with van der Waals surface area (Å²) in [6.45, 7) is 5.80. The standard InChI is InChI=1S/C17H23N3O4/c1-11-7-15(12(2)20(11)13-5-4-6-23-10-13)17(21)18-9-14-8-16(22-3)19-24-14/h7-8,13H,4-6,9-10H2,1-3H3,(H,18,21). The maximum atomic E-state index is 12.5. The fraction of sp³-hybridized carbons (Fsp3) is 0.529. The monoisotopic (exact) mass is 333 g/mol. The summed E-state index contributed by atoms with van der Waals surface area (Å²) < 4.78 is 17.8. The molecule has 1 N–H and O–H groups in total. The molecule has 1 atom stereocenters. The molecule has 1 aliphatic heterocycles. The van der Waals surface area contributed by atoms with E-state index in [1.165, 1.54) is 7.11 Å². The van der Waals surface area contributed by atoms with Gasteiger partial charge >= 0.3 is 0 Å². The molecular formula is C17H23N3O4. The smallest absolute Gasteiger partial charge is 0.254 e. The second kappa shape index (κ2) is 7.09. The highest BCUT2D eigenvalue weighted by Gasteiger charge is 2.23. The van der Waals surface area contributed by atoms with Crippen molar-refractivity contribution < 1.29 is 18.8 Å². The van der Waals surface area contributed by atoms with Gasteiger partial charge in [0.2, 0.25) is 0 Å². The zero-order valence-corrected chi connectivity index (χ0v) is 14.3. The lowest BCUT2D eigenvalue weighted by molar-refractivity contribution is 0.0579. The molecule has 7 heteroatoms. The molecule has 0 spiro atoms. The molecular weight excluding hydrogens is 310 g/mol. The number of aryl methyl sites for hydroxylation is 1. The van der Waals surface area contributed by atoms with Gasteiger partial charge in [0, 0.05) is 24.1 Å². The summed E-state index contributed by atoms with van der Waals surface area (Å²) in [5, 5.41) is 6.58. The highest BCUT2D eigenvalue weighted by molar-refractivity contribution is 5.95. The van der Waals surface area contributed by atoms with Crippen molar-refractivity contribution in [3.8, 4) is 5.88 Å². The Kier molecular flexibility index (Phi) is 4.89. The molecule has 1 unspecified atom stereocenters. The van der Waals surface area contributed by atoms with Crippen LogP contribution in [0, 0.1) is 13.8 Å². The van der Waals surface area contributed by atoms with Crippen LogP contribution in [0.1, 0.15) is 46.4 Å². The van der Waals surface area contributed by atoms with E-state index in [0.717, 1.165) is 30.8 Å². The Balaban J connectivity index is 1.70. The number of methoxy groups -OCH3 is 1. The third kappa shape index (κ3) is 3.31. The van der Waals surface area contributed by atoms with Crippen LogP contribution in [0.5, 0.6) is 5.88 Å². The van der Waals surface area contributed by atoms with Crippen LogP contribution in [0.4, 0.5) is 0 Å². The van der Waals surface area contributed by atoms with Gasteiger partial charge in [-0.25, -0.2) is 0 Å². The van der Waals surface area contributed by atoms with Gasteiger partial charge in [-0.1, -0.05) is 0 Å². The van der Waals surface area contributed by atoms with Gasteiger partial charge in [0.25, 0.3) is 11.8 Å². The Bertz CT molecular complexity index is 713. The van der Waals surface area contributed by atoms with E-state index in [0.29, 0.717) is 29.9 Å². The van der Waals surface area contributed by atoms with Gasteiger partial charge < -0.3 is 23.9 Å². The largest absolute Gasteiger partial charge is 0.479 e. The first-order chi connectivity index (χ1) is 11.6. The molecule has 0 saturated carbocycles. The lowest BCUT2D eigenvalue weighted by Gasteiger charge is -2.26. The van der Waals surface area contributed by atoms with Crippen molar-refractivity contribution in [1.29, 1.82) is 0 Å². The van der Waals surface area contributed by atoms with Crippen LogP contribution in [-0.2, 0) is 11.3 Å². The number of rotatable bonds is 5. The third-order valence-corrected chi connectivity index (χ3v) is 4.40. The topological polar surface area (TPSA) is 78.5 Å². The predicted molar refractivity (Wildman–Crippen MR) is 87.2 cm³/mol. The van der Waals surface area contributed by atoms with Gasteiger partial charge in [-0.05, 0) is 37.9 Å². The van der Waals surface area contributed by atoms with Crippen molar-refractivity contribution in [3.63, 3.8) is 0 Å². The molecule has 130 valence electrons. The summed E-state index contributed by atoms with van der Waals surface area (Å²) in [6, 6.07) is 3.89. The minimum atomic E-state index is -0.124. The van der Waals surface area contributed by atoms with E-state index in [2.05, 4.69) is 15.0 Å². The van der Waals surface area contributed by atoms with Crippen molar-refractivity contribution in [1.82, 2.24) is 15.0 Å². The Labute approximate surface area is 140 Å². The summed E-state index contributed by atoms with van der Waals surface area (Å²) in [5.74, 6) is 0.825. The zero-order valence-electron chi connectivity index (χ0n) is 14.3. The van der Waals surface area contributed by atoms with Crippen LogP contribution < -0.4 is 10.1 Å². The number of hydrogen-bond donors (Lipinski definition) is 1. The molecule has 2 aromatic rings. The van der Waals surface area contributed by atoms with E-state index >= 15 is 0 Å². The summed E-state index contributed by atoms with van der Waals surface area (Å²) in [7, 11) is 1.52. The first kappa shape index (κ1) is 16.6. The number of amides is 1. The highest BCUT2D eigenvalue weighted by atomic mass is 16.5. The van der Waals surface area contributed by atoms with Crippen molar-refractivity contribution in [2.75, 3.05) is 20.3 Å². The molecule has 3 rings (SSSR count). The quantitative estimate of drug-likeness (QED) is 0.909. The lowest BCUT2D eigenvalue weighted by atomic mass is 10.1. The maximum absolute atomic E-state index is 12.5. The van der Waals surface area contributed by atoms with Crippen molar-refractivity contribution in [2.45, 2.75) is 39.3 Å². The van der Waals surface area contributed by atoms with Gasteiger partial charge in [-0.3, -0.25) is 4.79 Å². The van der Waals surface area contributed by atoms with Crippen LogP contribution in [0.15, 0.2) is 16.7 Å². The number of carbonyl (C=O) groups excluding carboxylic acids is 1. The number of nitrogens with one attached hydrogen (secondary N) is 1. The summed E-state index contributed by atoms with van der Waals surface area (Å²) in [5.41, 5.74) is 2.73. The van der Waals surface area contributed by atoms with E-state index in [1.54, 1.807) is 6.07 Å². The molecule has 3 heterocycles. The van der Waals surface area contributed by atoms with Gasteiger partial charge in [-0.15, -0.1) is 0 Å².